The van der Waals surface area contributed by atoms with Crippen molar-refractivity contribution in [1.29, 1.82) is 0 Å². The summed E-state index contributed by atoms with van der Waals surface area (Å²) in [7, 11) is -3.72. The number of hydrogen-bond donors (Lipinski definition) is 4. The number of pyridine rings is 1. The smallest absolute Gasteiger partial charge is 0.270 e. The summed E-state index contributed by atoms with van der Waals surface area (Å²) in [6.07, 6.45) is -0.567. The molecule has 1 aromatic heterocycles. The first-order chi connectivity index (χ1) is 25.1. The number of carbonyl (C=O) groups is 3. The maximum Gasteiger partial charge on any atom is 0.270 e. The lowest BCUT2D eigenvalue weighted by Gasteiger charge is -2.41. The summed E-state index contributed by atoms with van der Waals surface area (Å²) >= 11 is 0. The SMILES string of the molecule is CC(C)[C@H](NC(=O)c1ccc2ccccc2n1)C(=O)N[C@@H](Cc1ccccc1)[C@H](O)CN1CC[C@@H](S(=O)(=O)c2ccccc2)C[C@H]1C(=O)NC(C)(C)C. The van der Waals surface area contributed by atoms with E-state index in [9.17, 15) is 27.9 Å². The Morgan fingerprint density at radius 2 is 1.53 bits per heavy atom. The molecule has 1 fully saturated rings. The van der Waals surface area contributed by atoms with Gasteiger partial charge in [-0.05, 0) is 75.8 Å². The number of benzene rings is 3. The van der Waals surface area contributed by atoms with Crippen LogP contribution in [0.5, 0.6) is 0 Å². The van der Waals surface area contributed by atoms with Crippen LogP contribution in [0.2, 0.25) is 0 Å². The molecule has 0 spiro atoms. The molecule has 0 bridgehead atoms. The van der Waals surface area contributed by atoms with Crippen molar-refractivity contribution in [3.63, 3.8) is 0 Å². The summed E-state index contributed by atoms with van der Waals surface area (Å²) in [5, 5.41) is 20.8. The van der Waals surface area contributed by atoms with Gasteiger partial charge in [-0.1, -0.05) is 86.6 Å². The number of fused-ring (bicyclic) bond motifs is 1. The van der Waals surface area contributed by atoms with Gasteiger partial charge in [0.15, 0.2) is 9.84 Å². The fraction of sp³-hybridized carbons (Fsp3) is 0.415. The van der Waals surface area contributed by atoms with Gasteiger partial charge in [0, 0.05) is 24.0 Å². The van der Waals surface area contributed by atoms with E-state index in [0.29, 0.717) is 5.52 Å². The minimum absolute atomic E-state index is 0.00215. The zero-order valence-corrected chi connectivity index (χ0v) is 31.8. The van der Waals surface area contributed by atoms with Crippen LogP contribution in [0, 0.1) is 5.92 Å². The molecule has 5 rings (SSSR count). The fourth-order valence-electron chi connectivity index (χ4n) is 6.74. The number of likely N-dealkylation sites (tertiary alicyclic amines) is 1. The molecule has 0 aliphatic carbocycles. The third-order valence-corrected chi connectivity index (χ3v) is 11.8. The number of aliphatic hydroxyl groups is 1. The van der Waals surface area contributed by atoms with Gasteiger partial charge in [0.05, 0.1) is 33.8 Å². The Morgan fingerprint density at radius 1 is 0.887 bits per heavy atom. The maximum atomic E-state index is 14.0. The molecule has 12 heteroatoms. The van der Waals surface area contributed by atoms with Gasteiger partial charge >= 0.3 is 0 Å². The molecule has 1 aliphatic rings. The summed E-state index contributed by atoms with van der Waals surface area (Å²) in [6, 6.07) is 26.0. The molecule has 4 aromatic rings. The summed E-state index contributed by atoms with van der Waals surface area (Å²) in [5.74, 6) is -1.59. The van der Waals surface area contributed by atoms with Gasteiger partial charge in [-0.3, -0.25) is 19.3 Å². The molecule has 11 nitrogen and oxygen atoms in total. The molecular formula is C41H51N5O6S. The Labute approximate surface area is 312 Å². The predicted molar refractivity (Wildman–Crippen MR) is 206 cm³/mol. The van der Waals surface area contributed by atoms with Crippen molar-refractivity contribution in [3.05, 3.63) is 108 Å². The predicted octanol–water partition coefficient (Wildman–Crippen LogP) is 4.30. The highest BCUT2D eigenvalue weighted by molar-refractivity contribution is 7.92. The van der Waals surface area contributed by atoms with Crippen LogP contribution in [0.3, 0.4) is 0 Å². The van der Waals surface area contributed by atoms with Crippen LogP contribution in [0.25, 0.3) is 10.9 Å². The largest absolute Gasteiger partial charge is 0.390 e. The van der Waals surface area contributed by atoms with E-state index < -0.39 is 56.7 Å². The molecule has 282 valence electrons. The molecule has 53 heavy (non-hydrogen) atoms. The van der Waals surface area contributed by atoms with Crippen molar-refractivity contribution in [2.75, 3.05) is 13.1 Å². The number of para-hydroxylation sites is 1. The number of carbonyl (C=O) groups excluding carboxylic acids is 3. The molecule has 4 N–H and O–H groups in total. The lowest BCUT2D eigenvalue weighted by atomic mass is 9.95. The Balaban J connectivity index is 1.36. The first-order valence-electron chi connectivity index (χ1n) is 18.2. The molecule has 1 saturated heterocycles. The molecule has 5 atom stereocenters. The molecule has 0 radical (unpaired) electrons. The van der Waals surface area contributed by atoms with Crippen LogP contribution in [-0.2, 0) is 25.8 Å². The highest BCUT2D eigenvalue weighted by Gasteiger charge is 2.42. The standard InChI is InChI=1S/C41H51N5O6S/c1-27(2)37(44-38(48)33-21-20-29-16-12-13-19-32(29)42-33)40(50)43-34(24-28-14-8-6-9-15-28)36(47)26-46-23-22-31(25-35(46)39(49)45-41(3,4)5)53(51,52)30-17-10-7-11-18-30/h6-21,27,31,34-37,47H,22-26H2,1-5H3,(H,43,50)(H,44,48)(H,45,49)/t31-,34+,35+,36-,37+/m1/s1. The van der Waals surface area contributed by atoms with Gasteiger partial charge in [0.2, 0.25) is 11.8 Å². The highest BCUT2D eigenvalue weighted by atomic mass is 32.2. The van der Waals surface area contributed by atoms with Crippen LogP contribution in [0.4, 0.5) is 0 Å². The van der Waals surface area contributed by atoms with Crippen LogP contribution in [-0.4, -0.2) is 89.2 Å². The molecule has 3 amide bonds. The van der Waals surface area contributed by atoms with Crippen molar-refractivity contribution in [2.45, 2.75) is 93.8 Å². The molecule has 1 aliphatic heterocycles. The van der Waals surface area contributed by atoms with Crippen LogP contribution >= 0.6 is 0 Å². The van der Waals surface area contributed by atoms with Gasteiger partial charge in [0.1, 0.15) is 11.7 Å². The van der Waals surface area contributed by atoms with E-state index in [1.807, 2.05) is 100 Å². The number of hydrogen-bond acceptors (Lipinski definition) is 8. The number of piperidine rings is 1. The Kier molecular flexibility index (Phi) is 12.7. The number of aliphatic hydroxyl groups excluding tert-OH is 1. The van der Waals surface area contributed by atoms with Crippen molar-refractivity contribution < 1.29 is 27.9 Å². The second-order valence-corrected chi connectivity index (χ2v) is 17.4. The number of β-amino-alcohol motifs (C(OH)–C–C–N with tert-alkyl or cyclic N) is 1. The van der Waals surface area contributed by atoms with E-state index in [-0.39, 0.29) is 54.8 Å². The maximum absolute atomic E-state index is 14.0. The minimum Gasteiger partial charge on any atom is -0.390 e. The summed E-state index contributed by atoms with van der Waals surface area (Å²) in [6.45, 7) is 9.47. The third-order valence-electron chi connectivity index (χ3n) is 9.56. The molecular weight excluding hydrogens is 691 g/mol. The van der Waals surface area contributed by atoms with Gasteiger partial charge < -0.3 is 21.1 Å². The van der Waals surface area contributed by atoms with E-state index in [0.717, 1.165) is 10.9 Å². The van der Waals surface area contributed by atoms with E-state index >= 15 is 0 Å². The molecule has 0 unspecified atom stereocenters. The normalized spacial score (nSPS) is 18.5. The van der Waals surface area contributed by atoms with Crippen molar-refractivity contribution >= 4 is 38.5 Å². The first kappa shape index (κ1) is 39.6. The lowest BCUT2D eigenvalue weighted by Crippen LogP contribution is -2.60. The number of aromatic nitrogens is 1. The van der Waals surface area contributed by atoms with Crippen LogP contribution < -0.4 is 16.0 Å². The number of nitrogens with zero attached hydrogens (tertiary/aromatic N) is 2. The lowest BCUT2D eigenvalue weighted by molar-refractivity contribution is -0.130. The van der Waals surface area contributed by atoms with Gasteiger partial charge in [-0.15, -0.1) is 0 Å². The van der Waals surface area contributed by atoms with Crippen molar-refractivity contribution in [2.24, 2.45) is 5.92 Å². The summed E-state index contributed by atoms with van der Waals surface area (Å²) in [5.41, 5.74) is 1.14. The van der Waals surface area contributed by atoms with Crippen molar-refractivity contribution in [1.82, 2.24) is 25.8 Å². The minimum atomic E-state index is -3.72. The number of nitrogens with one attached hydrogen (secondary N) is 3. The fourth-order valence-corrected chi connectivity index (χ4v) is 8.52. The topological polar surface area (TPSA) is 158 Å². The second kappa shape index (κ2) is 17.0. The number of rotatable bonds is 13. The van der Waals surface area contributed by atoms with Crippen LogP contribution in [0.15, 0.2) is 102 Å². The molecule has 3 aromatic carbocycles. The van der Waals surface area contributed by atoms with E-state index in [1.54, 1.807) is 36.4 Å². The molecule has 2 heterocycles. The quantitative estimate of drug-likeness (QED) is 0.158. The molecule has 0 saturated carbocycles. The number of amides is 3. The third kappa shape index (κ3) is 10.3. The van der Waals surface area contributed by atoms with Gasteiger partial charge in [-0.25, -0.2) is 13.4 Å². The van der Waals surface area contributed by atoms with E-state index in [4.69, 9.17) is 0 Å². The summed E-state index contributed by atoms with van der Waals surface area (Å²) < 4.78 is 27.3. The summed E-state index contributed by atoms with van der Waals surface area (Å²) in [4.78, 5) is 47.6. The average molecular weight is 742 g/mol. The Bertz CT molecular complexity index is 1980. The Morgan fingerprint density at radius 3 is 2.19 bits per heavy atom. The average Bonchev–Trinajstić information content (AvgIpc) is 3.13. The van der Waals surface area contributed by atoms with Gasteiger partial charge in [0.25, 0.3) is 5.91 Å². The van der Waals surface area contributed by atoms with Crippen LogP contribution in [0.1, 0.15) is 63.5 Å². The monoisotopic (exact) mass is 741 g/mol. The van der Waals surface area contributed by atoms with Gasteiger partial charge in [-0.2, -0.15) is 0 Å². The second-order valence-electron chi connectivity index (χ2n) is 15.2. The van der Waals surface area contributed by atoms with E-state index in [2.05, 4.69) is 20.9 Å². The van der Waals surface area contributed by atoms with E-state index in [1.165, 1.54) is 0 Å². The Hall–Kier alpha value is -4.65. The zero-order chi connectivity index (χ0) is 38.3. The highest BCUT2D eigenvalue weighted by Crippen LogP contribution is 2.29. The first-order valence-corrected chi connectivity index (χ1v) is 19.7. The number of sulfone groups is 1. The zero-order valence-electron chi connectivity index (χ0n) is 31.0. The van der Waals surface area contributed by atoms with Crippen molar-refractivity contribution in [3.8, 4) is 0 Å².